The lowest BCUT2D eigenvalue weighted by molar-refractivity contribution is -0.144. The number of phenolic OH excluding ortho intramolecular Hbond substituents is 1. The second-order valence-corrected chi connectivity index (χ2v) is 3.39. The maximum Gasteiger partial charge on any atom is 0.308 e. The highest BCUT2D eigenvalue weighted by Crippen LogP contribution is 2.22. The molecule has 0 aliphatic heterocycles. The van der Waals surface area contributed by atoms with E-state index < -0.39 is 18.2 Å². The molecular weight excluding hydrogens is 212 g/mol. The van der Waals surface area contributed by atoms with E-state index in [-0.39, 0.29) is 12.2 Å². The third-order valence-electron chi connectivity index (χ3n) is 2.18. The van der Waals surface area contributed by atoms with E-state index in [1.54, 1.807) is 12.1 Å². The van der Waals surface area contributed by atoms with Crippen LogP contribution in [0.3, 0.4) is 0 Å². The molecule has 2 atom stereocenters. The van der Waals surface area contributed by atoms with Gasteiger partial charge in [-0.25, -0.2) is 0 Å². The quantitative estimate of drug-likeness (QED) is 0.645. The third-order valence-corrected chi connectivity index (χ3v) is 2.18. The smallest absolute Gasteiger partial charge is 0.308 e. The summed E-state index contributed by atoms with van der Waals surface area (Å²) in [6.07, 6.45) is -2.78. The Balaban J connectivity index is 2.70. The Kier molecular flexibility index (Phi) is 4.28. The number of esters is 1. The van der Waals surface area contributed by atoms with Gasteiger partial charge in [0.25, 0.3) is 0 Å². The van der Waals surface area contributed by atoms with Crippen molar-refractivity contribution in [2.45, 2.75) is 18.6 Å². The highest BCUT2D eigenvalue weighted by Gasteiger charge is 2.21. The van der Waals surface area contributed by atoms with Crippen LogP contribution in [0, 0.1) is 0 Å². The Hall–Kier alpha value is -1.59. The van der Waals surface area contributed by atoms with E-state index in [2.05, 4.69) is 4.74 Å². The van der Waals surface area contributed by atoms with Crippen molar-refractivity contribution in [1.82, 2.24) is 0 Å². The van der Waals surface area contributed by atoms with Crippen molar-refractivity contribution in [3.63, 3.8) is 0 Å². The van der Waals surface area contributed by atoms with Gasteiger partial charge in [0.15, 0.2) is 0 Å². The molecule has 0 radical (unpaired) electrons. The summed E-state index contributed by atoms with van der Waals surface area (Å²) in [6.45, 7) is 0. The van der Waals surface area contributed by atoms with Crippen molar-refractivity contribution >= 4 is 5.97 Å². The minimum absolute atomic E-state index is 0.0122. The zero-order chi connectivity index (χ0) is 12.1. The molecule has 1 aromatic carbocycles. The van der Waals surface area contributed by atoms with Crippen LogP contribution in [0.15, 0.2) is 24.3 Å². The number of methoxy groups -OCH3 is 1. The first-order chi connectivity index (χ1) is 7.54. The Morgan fingerprint density at radius 1 is 1.44 bits per heavy atom. The summed E-state index contributed by atoms with van der Waals surface area (Å²) in [5, 5.41) is 28.4. The average Bonchev–Trinajstić information content (AvgIpc) is 2.27. The standard InChI is InChI=1S/C11H14O5/c1-16-10(14)6-9(13)11(15)7-3-2-4-8(12)5-7/h2-5,9,11-13,15H,6H2,1H3. The van der Waals surface area contributed by atoms with Gasteiger partial charge in [0, 0.05) is 0 Å². The van der Waals surface area contributed by atoms with Crippen LogP contribution in [0.5, 0.6) is 5.75 Å². The summed E-state index contributed by atoms with van der Waals surface area (Å²) < 4.78 is 4.37. The summed E-state index contributed by atoms with van der Waals surface area (Å²) in [5.74, 6) is -0.617. The van der Waals surface area contributed by atoms with E-state index in [1.807, 2.05) is 0 Å². The molecule has 0 saturated carbocycles. The van der Waals surface area contributed by atoms with Crippen molar-refractivity contribution in [3.05, 3.63) is 29.8 Å². The fourth-order valence-corrected chi connectivity index (χ4v) is 1.30. The summed E-state index contributed by atoms with van der Waals surface area (Å²) in [4.78, 5) is 10.9. The van der Waals surface area contributed by atoms with Gasteiger partial charge in [-0.05, 0) is 17.7 Å². The monoisotopic (exact) mass is 226 g/mol. The first kappa shape index (κ1) is 12.5. The fraction of sp³-hybridized carbons (Fsp3) is 0.364. The number of ether oxygens (including phenoxy) is 1. The minimum Gasteiger partial charge on any atom is -0.508 e. The van der Waals surface area contributed by atoms with Crippen LogP contribution in [-0.4, -0.2) is 34.5 Å². The predicted molar refractivity (Wildman–Crippen MR) is 55.7 cm³/mol. The summed E-state index contributed by atoms with van der Waals surface area (Å²) in [7, 11) is 1.20. The Labute approximate surface area is 92.9 Å². The molecule has 5 heteroatoms. The Morgan fingerprint density at radius 3 is 2.69 bits per heavy atom. The number of aromatic hydroxyl groups is 1. The van der Waals surface area contributed by atoms with Gasteiger partial charge in [0.05, 0.1) is 19.6 Å². The zero-order valence-corrected chi connectivity index (χ0v) is 8.83. The second-order valence-electron chi connectivity index (χ2n) is 3.39. The molecule has 0 bridgehead atoms. The third kappa shape index (κ3) is 3.22. The topological polar surface area (TPSA) is 87.0 Å². The average molecular weight is 226 g/mol. The van der Waals surface area contributed by atoms with Crippen LogP contribution < -0.4 is 0 Å². The van der Waals surface area contributed by atoms with Crippen LogP contribution in [0.4, 0.5) is 0 Å². The molecule has 0 spiro atoms. The molecule has 2 unspecified atom stereocenters. The number of carbonyl (C=O) groups excluding carboxylic acids is 1. The molecule has 5 nitrogen and oxygen atoms in total. The van der Waals surface area contributed by atoms with E-state index in [4.69, 9.17) is 0 Å². The first-order valence-corrected chi connectivity index (χ1v) is 4.76. The molecule has 0 aliphatic rings. The lowest BCUT2D eigenvalue weighted by Crippen LogP contribution is -2.22. The highest BCUT2D eigenvalue weighted by atomic mass is 16.5. The molecule has 1 aromatic rings. The Bertz CT molecular complexity index is 363. The predicted octanol–water partition coefficient (Wildman–Crippen LogP) is 0.350. The molecule has 0 heterocycles. The number of hydrogen-bond acceptors (Lipinski definition) is 5. The van der Waals surface area contributed by atoms with Crippen molar-refractivity contribution in [2.24, 2.45) is 0 Å². The molecule has 0 amide bonds. The normalized spacial score (nSPS) is 14.2. The molecule has 88 valence electrons. The zero-order valence-electron chi connectivity index (χ0n) is 8.83. The van der Waals surface area contributed by atoms with Crippen LogP contribution in [-0.2, 0) is 9.53 Å². The van der Waals surface area contributed by atoms with E-state index in [0.29, 0.717) is 5.56 Å². The summed E-state index contributed by atoms with van der Waals surface area (Å²) in [5.41, 5.74) is 0.344. The lowest BCUT2D eigenvalue weighted by Gasteiger charge is -2.17. The number of carbonyl (C=O) groups is 1. The van der Waals surface area contributed by atoms with Gasteiger partial charge in [-0.1, -0.05) is 12.1 Å². The van der Waals surface area contributed by atoms with Gasteiger partial charge in [0.2, 0.25) is 0 Å². The number of rotatable bonds is 4. The van der Waals surface area contributed by atoms with Crippen LogP contribution in [0.2, 0.25) is 0 Å². The van der Waals surface area contributed by atoms with Crippen molar-refractivity contribution in [3.8, 4) is 5.75 Å². The molecule has 0 aromatic heterocycles. The van der Waals surface area contributed by atoms with Crippen molar-refractivity contribution in [1.29, 1.82) is 0 Å². The number of phenols is 1. The van der Waals surface area contributed by atoms with Gasteiger partial charge in [0.1, 0.15) is 11.9 Å². The molecular formula is C11H14O5. The molecule has 1 rings (SSSR count). The molecule has 0 saturated heterocycles. The highest BCUT2D eigenvalue weighted by molar-refractivity contribution is 5.69. The van der Waals surface area contributed by atoms with E-state index in [9.17, 15) is 20.1 Å². The first-order valence-electron chi connectivity index (χ1n) is 4.76. The molecule has 0 aliphatic carbocycles. The molecule has 16 heavy (non-hydrogen) atoms. The summed E-state index contributed by atoms with van der Waals surface area (Å²) >= 11 is 0. The molecule has 3 N–H and O–H groups in total. The van der Waals surface area contributed by atoms with Crippen molar-refractivity contribution < 1.29 is 24.9 Å². The van der Waals surface area contributed by atoms with Crippen LogP contribution in [0.1, 0.15) is 18.1 Å². The number of aliphatic hydroxyl groups is 2. The van der Waals surface area contributed by atoms with Gasteiger partial charge < -0.3 is 20.1 Å². The second kappa shape index (κ2) is 5.48. The van der Waals surface area contributed by atoms with Crippen LogP contribution >= 0.6 is 0 Å². The lowest BCUT2D eigenvalue weighted by atomic mass is 10.0. The van der Waals surface area contributed by atoms with E-state index in [0.717, 1.165) is 0 Å². The van der Waals surface area contributed by atoms with Gasteiger partial charge in [-0.3, -0.25) is 4.79 Å². The number of hydrogen-bond donors (Lipinski definition) is 3. The summed E-state index contributed by atoms with van der Waals surface area (Å²) in [6, 6.07) is 5.86. The van der Waals surface area contributed by atoms with Gasteiger partial charge in [-0.2, -0.15) is 0 Å². The maximum absolute atomic E-state index is 10.9. The van der Waals surface area contributed by atoms with E-state index >= 15 is 0 Å². The van der Waals surface area contributed by atoms with E-state index in [1.165, 1.54) is 19.2 Å². The van der Waals surface area contributed by atoms with Crippen LogP contribution in [0.25, 0.3) is 0 Å². The minimum atomic E-state index is -1.26. The van der Waals surface area contributed by atoms with Gasteiger partial charge >= 0.3 is 5.97 Å². The maximum atomic E-state index is 10.9. The molecule has 0 fully saturated rings. The largest absolute Gasteiger partial charge is 0.508 e. The fourth-order valence-electron chi connectivity index (χ4n) is 1.30. The number of benzene rings is 1. The van der Waals surface area contributed by atoms with Gasteiger partial charge in [-0.15, -0.1) is 0 Å². The Morgan fingerprint density at radius 2 is 2.12 bits per heavy atom. The van der Waals surface area contributed by atoms with Crippen molar-refractivity contribution in [2.75, 3.05) is 7.11 Å². The SMILES string of the molecule is COC(=O)CC(O)C(O)c1cccc(O)c1. The number of aliphatic hydroxyl groups excluding tert-OH is 2.